The van der Waals surface area contributed by atoms with Gasteiger partial charge in [-0.2, -0.15) is 0 Å². The van der Waals surface area contributed by atoms with Gasteiger partial charge in [-0.05, 0) is 50.3 Å². The summed E-state index contributed by atoms with van der Waals surface area (Å²) in [5.41, 5.74) is 1.11. The highest BCUT2D eigenvalue weighted by Crippen LogP contribution is 2.40. The number of amides is 1. The summed E-state index contributed by atoms with van der Waals surface area (Å²) in [5.74, 6) is 0.124. The topological polar surface area (TPSA) is 81.7 Å². The van der Waals surface area contributed by atoms with Gasteiger partial charge in [0.15, 0.2) is 6.61 Å². The molecule has 1 amide bonds. The highest BCUT2D eigenvalue weighted by molar-refractivity contribution is 5.87. The number of ketones is 1. The van der Waals surface area contributed by atoms with Crippen LogP contribution in [-0.4, -0.2) is 37.4 Å². The van der Waals surface area contributed by atoms with Crippen LogP contribution in [0.25, 0.3) is 0 Å². The number of Topliss-reactive ketones (excluding diaryl/α,β-unsaturated/α-hetero) is 1. The van der Waals surface area contributed by atoms with Gasteiger partial charge >= 0.3 is 5.97 Å². The van der Waals surface area contributed by atoms with Crippen LogP contribution in [0, 0.1) is 24.7 Å². The third-order valence-electron chi connectivity index (χ3n) is 5.41. The summed E-state index contributed by atoms with van der Waals surface area (Å²) in [6, 6.07) is 7.68. The van der Waals surface area contributed by atoms with Gasteiger partial charge in [0.25, 0.3) is 5.91 Å². The second-order valence-corrected chi connectivity index (χ2v) is 7.52. The van der Waals surface area contributed by atoms with Crippen LogP contribution in [0.3, 0.4) is 0 Å². The molecule has 2 unspecified atom stereocenters. The summed E-state index contributed by atoms with van der Waals surface area (Å²) in [6.45, 7) is 2.38. The molecule has 2 aliphatic carbocycles. The molecule has 2 saturated carbocycles. The Morgan fingerprint density at radius 2 is 1.93 bits per heavy atom. The molecule has 2 aliphatic rings. The van der Waals surface area contributed by atoms with Crippen LogP contribution in [-0.2, 0) is 19.1 Å². The number of fused-ring (bicyclic) bond motifs is 2. The van der Waals surface area contributed by atoms with Crippen molar-refractivity contribution < 1.29 is 23.9 Å². The highest BCUT2D eigenvalue weighted by Gasteiger charge is 2.41. The van der Waals surface area contributed by atoms with Crippen LogP contribution in [0.1, 0.15) is 37.7 Å². The number of hydrogen-bond donors (Lipinski definition) is 1. The number of esters is 1. The molecule has 0 spiro atoms. The Kier molecular flexibility index (Phi) is 6.48. The Morgan fingerprint density at radius 3 is 2.63 bits per heavy atom. The SMILES string of the molecule is Cc1cccc(OCCNC(=O)COC(=O)C2CC3CCCC(C2)C3=O)c1. The van der Waals surface area contributed by atoms with E-state index in [1.165, 1.54) is 0 Å². The van der Waals surface area contributed by atoms with Gasteiger partial charge < -0.3 is 14.8 Å². The first-order valence-corrected chi connectivity index (χ1v) is 9.69. The molecule has 1 N–H and O–H groups in total. The van der Waals surface area contributed by atoms with Crippen LogP contribution < -0.4 is 10.1 Å². The molecule has 3 rings (SSSR count). The standard InChI is InChI=1S/C21H27NO5/c1-14-4-2-7-18(10-14)26-9-8-22-19(23)13-27-21(25)17-11-15-5-3-6-16(12-17)20(15)24/h2,4,7,10,15-17H,3,5-6,8-9,11-13H2,1H3,(H,22,23). The van der Waals surface area contributed by atoms with E-state index in [-0.39, 0.29) is 36.2 Å². The molecule has 0 radical (unpaired) electrons. The second-order valence-electron chi connectivity index (χ2n) is 7.52. The molecule has 0 aromatic heterocycles. The first-order chi connectivity index (χ1) is 13.0. The van der Waals surface area contributed by atoms with E-state index >= 15 is 0 Å². The molecule has 6 heteroatoms. The minimum Gasteiger partial charge on any atom is -0.492 e. The van der Waals surface area contributed by atoms with E-state index < -0.39 is 0 Å². The first kappa shape index (κ1) is 19.4. The number of nitrogens with one attached hydrogen (secondary N) is 1. The van der Waals surface area contributed by atoms with E-state index in [1.807, 2.05) is 31.2 Å². The Balaban J connectivity index is 1.33. The zero-order valence-electron chi connectivity index (χ0n) is 15.7. The first-order valence-electron chi connectivity index (χ1n) is 9.69. The number of rotatable bonds is 7. The van der Waals surface area contributed by atoms with E-state index in [1.54, 1.807) is 0 Å². The van der Waals surface area contributed by atoms with Gasteiger partial charge in [-0.3, -0.25) is 14.4 Å². The molecule has 0 aliphatic heterocycles. The van der Waals surface area contributed by atoms with Gasteiger partial charge in [0, 0.05) is 11.8 Å². The maximum Gasteiger partial charge on any atom is 0.309 e. The van der Waals surface area contributed by atoms with Gasteiger partial charge in [0.1, 0.15) is 18.1 Å². The maximum absolute atomic E-state index is 12.2. The van der Waals surface area contributed by atoms with Crippen LogP contribution in [0.5, 0.6) is 5.75 Å². The number of hydrogen-bond acceptors (Lipinski definition) is 5. The molecule has 27 heavy (non-hydrogen) atoms. The maximum atomic E-state index is 12.2. The molecule has 2 fully saturated rings. The third kappa shape index (κ3) is 5.31. The second kappa shape index (κ2) is 9.02. The quantitative estimate of drug-likeness (QED) is 0.586. The number of carbonyl (C=O) groups is 3. The van der Waals surface area contributed by atoms with Gasteiger partial charge in [-0.15, -0.1) is 0 Å². The molecule has 0 saturated heterocycles. The average Bonchev–Trinajstić information content (AvgIpc) is 2.63. The largest absolute Gasteiger partial charge is 0.492 e. The smallest absolute Gasteiger partial charge is 0.309 e. The fourth-order valence-electron chi connectivity index (χ4n) is 4.04. The molecular weight excluding hydrogens is 346 g/mol. The minimum absolute atomic E-state index is 0.00245. The molecule has 1 aromatic rings. The zero-order chi connectivity index (χ0) is 19.2. The predicted molar refractivity (Wildman–Crippen MR) is 99.2 cm³/mol. The number of ether oxygens (including phenoxy) is 2. The Hall–Kier alpha value is -2.37. The fourth-order valence-corrected chi connectivity index (χ4v) is 4.04. The zero-order valence-corrected chi connectivity index (χ0v) is 15.7. The summed E-state index contributed by atoms with van der Waals surface area (Å²) in [5, 5.41) is 2.68. The van der Waals surface area contributed by atoms with E-state index in [0.717, 1.165) is 30.6 Å². The van der Waals surface area contributed by atoms with E-state index in [0.29, 0.717) is 31.8 Å². The van der Waals surface area contributed by atoms with Crippen molar-refractivity contribution >= 4 is 17.7 Å². The lowest BCUT2D eigenvalue weighted by molar-refractivity contribution is -0.156. The molecule has 146 valence electrons. The lowest BCUT2D eigenvalue weighted by Crippen LogP contribution is -2.40. The van der Waals surface area contributed by atoms with Crippen molar-refractivity contribution in [1.82, 2.24) is 5.32 Å². The monoisotopic (exact) mass is 373 g/mol. The van der Waals surface area contributed by atoms with Crippen LogP contribution in [0.15, 0.2) is 24.3 Å². The lowest BCUT2D eigenvalue weighted by Gasteiger charge is -2.36. The van der Waals surface area contributed by atoms with Crippen molar-refractivity contribution in [2.75, 3.05) is 19.8 Å². The molecule has 2 atom stereocenters. The van der Waals surface area contributed by atoms with E-state index in [9.17, 15) is 14.4 Å². The Labute approximate surface area is 159 Å². The molecule has 1 aromatic carbocycles. The van der Waals surface area contributed by atoms with Crippen molar-refractivity contribution in [3.8, 4) is 5.75 Å². The highest BCUT2D eigenvalue weighted by atomic mass is 16.5. The van der Waals surface area contributed by atoms with Gasteiger partial charge in [0.2, 0.25) is 0 Å². The van der Waals surface area contributed by atoms with E-state index in [2.05, 4.69) is 5.32 Å². The summed E-state index contributed by atoms with van der Waals surface area (Å²) in [6.07, 6.45) is 3.96. The molecule has 6 nitrogen and oxygen atoms in total. The average molecular weight is 373 g/mol. The Bertz CT molecular complexity index is 686. The van der Waals surface area contributed by atoms with Crippen LogP contribution >= 0.6 is 0 Å². The third-order valence-corrected chi connectivity index (χ3v) is 5.41. The van der Waals surface area contributed by atoms with Crippen molar-refractivity contribution in [3.05, 3.63) is 29.8 Å². The van der Waals surface area contributed by atoms with Crippen molar-refractivity contribution in [2.24, 2.45) is 17.8 Å². The van der Waals surface area contributed by atoms with Crippen molar-refractivity contribution in [3.63, 3.8) is 0 Å². The van der Waals surface area contributed by atoms with Gasteiger partial charge in [0.05, 0.1) is 12.5 Å². The summed E-state index contributed by atoms with van der Waals surface area (Å²) in [7, 11) is 0. The van der Waals surface area contributed by atoms with Crippen molar-refractivity contribution in [1.29, 1.82) is 0 Å². The van der Waals surface area contributed by atoms with Crippen LogP contribution in [0.2, 0.25) is 0 Å². The lowest BCUT2D eigenvalue weighted by atomic mass is 9.67. The summed E-state index contributed by atoms with van der Waals surface area (Å²) >= 11 is 0. The van der Waals surface area contributed by atoms with E-state index in [4.69, 9.17) is 9.47 Å². The normalized spacial score (nSPS) is 24.2. The molecule has 0 heterocycles. The number of benzene rings is 1. The fraction of sp³-hybridized carbons (Fsp3) is 0.571. The van der Waals surface area contributed by atoms with Gasteiger partial charge in [-0.1, -0.05) is 18.6 Å². The van der Waals surface area contributed by atoms with Gasteiger partial charge in [-0.25, -0.2) is 0 Å². The minimum atomic E-state index is -0.356. The number of carbonyl (C=O) groups excluding carboxylic acids is 3. The Morgan fingerprint density at radius 1 is 1.19 bits per heavy atom. The molecule has 2 bridgehead atoms. The number of aryl methyl sites for hydroxylation is 1. The molecular formula is C21H27NO5. The summed E-state index contributed by atoms with van der Waals surface area (Å²) in [4.78, 5) is 36.2. The predicted octanol–water partition coefficient (Wildman–Crippen LogP) is 2.43. The summed E-state index contributed by atoms with van der Waals surface area (Å²) < 4.78 is 10.7. The van der Waals surface area contributed by atoms with Crippen LogP contribution in [0.4, 0.5) is 0 Å². The van der Waals surface area contributed by atoms with Crippen molar-refractivity contribution in [2.45, 2.75) is 39.0 Å².